The third-order valence-corrected chi connectivity index (χ3v) is 2.20. The molecule has 11 heavy (non-hydrogen) atoms. The highest BCUT2D eigenvalue weighted by atomic mass is 16.3. The normalized spacial score (nSPS) is 20.2. The van der Waals surface area contributed by atoms with Crippen LogP contribution in [0.1, 0.15) is 32.6 Å². The van der Waals surface area contributed by atoms with Crippen LogP contribution in [-0.4, -0.2) is 24.3 Å². The Balaban J connectivity index is 1.79. The summed E-state index contributed by atoms with van der Waals surface area (Å²) in [6, 6.07) is 0.833. The molecule has 0 amide bonds. The largest absolute Gasteiger partial charge is 0.396 e. The van der Waals surface area contributed by atoms with Crippen molar-refractivity contribution in [2.24, 2.45) is 5.92 Å². The molecule has 1 unspecified atom stereocenters. The van der Waals surface area contributed by atoms with Gasteiger partial charge in [0.25, 0.3) is 0 Å². The van der Waals surface area contributed by atoms with Gasteiger partial charge in [0.15, 0.2) is 0 Å². The van der Waals surface area contributed by atoms with Gasteiger partial charge >= 0.3 is 0 Å². The highest BCUT2D eigenvalue weighted by Gasteiger charge is 2.19. The van der Waals surface area contributed by atoms with Gasteiger partial charge in [0.2, 0.25) is 0 Å². The Labute approximate surface area is 69.0 Å². The third-order valence-electron chi connectivity index (χ3n) is 2.20. The van der Waals surface area contributed by atoms with Crippen molar-refractivity contribution in [2.75, 3.05) is 13.2 Å². The summed E-state index contributed by atoms with van der Waals surface area (Å²) in [7, 11) is 0. The predicted octanol–water partition coefficient (Wildman–Crippen LogP) is 1.15. The zero-order valence-corrected chi connectivity index (χ0v) is 7.34. The Morgan fingerprint density at radius 2 is 2.27 bits per heavy atom. The van der Waals surface area contributed by atoms with E-state index in [-0.39, 0.29) is 0 Å². The number of rotatable bonds is 6. The van der Waals surface area contributed by atoms with Gasteiger partial charge in [0.1, 0.15) is 0 Å². The molecule has 0 spiro atoms. The topological polar surface area (TPSA) is 32.3 Å². The second kappa shape index (κ2) is 4.73. The van der Waals surface area contributed by atoms with Crippen LogP contribution in [0.2, 0.25) is 0 Å². The van der Waals surface area contributed by atoms with E-state index in [1.54, 1.807) is 0 Å². The summed E-state index contributed by atoms with van der Waals surface area (Å²) < 4.78 is 0. The molecule has 0 saturated heterocycles. The molecular formula is C9H19NO. The van der Waals surface area contributed by atoms with Gasteiger partial charge in [-0.2, -0.15) is 0 Å². The van der Waals surface area contributed by atoms with Gasteiger partial charge in [-0.15, -0.1) is 0 Å². The van der Waals surface area contributed by atoms with Crippen LogP contribution in [0, 0.1) is 5.92 Å². The maximum Gasteiger partial charge on any atom is 0.0456 e. The van der Waals surface area contributed by atoms with E-state index in [2.05, 4.69) is 12.2 Å². The smallest absolute Gasteiger partial charge is 0.0456 e. The van der Waals surface area contributed by atoms with E-state index in [0.29, 0.717) is 12.5 Å². The number of aliphatic hydroxyl groups is 1. The van der Waals surface area contributed by atoms with Crippen molar-refractivity contribution >= 4 is 0 Å². The second-order valence-corrected chi connectivity index (χ2v) is 3.66. The minimum atomic E-state index is 0.337. The third kappa shape index (κ3) is 4.38. The van der Waals surface area contributed by atoms with E-state index in [1.807, 2.05) is 0 Å². The van der Waals surface area contributed by atoms with Gasteiger partial charge < -0.3 is 10.4 Å². The fourth-order valence-corrected chi connectivity index (χ4v) is 1.14. The number of nitrogens with one attached hydrogen (secondary N) is 1. The van der Waals surface area contributed by atoms with E-state index in [4.69, 9.17) is 5.11 Å². The Bertz CT molecular complexity index is 102. The van der Waals surface area contributed by atoms with Crippen molar-refractivity contribution in [2.45, 2.75) is 38.6 Å². The van der Waals surface area contributed by atoms with E-state index >= 15 is 0 Å². The maximum absolute atomic E-state index is 8.74. The first-order valence-electron chi connectivity index (χ1n) is 4.67. The summed E-state index contributed by atoms with van der Waals surface area (Å²) in [6.07, 6.45) is 5.10. The molecule has 66 valence electrons. The fraction of sp³-hybridized carbons (Fsp3) is 1.00. The molecule has 0 aromatic carbocycles. The summed E-state index contributed by atoms with van der Waals surface area (Å²) in [5.74, 6) is 0.482. The van der Waals surface area contributed by atoms with Gasteiger partial charge in [-0.25, -0.2) is 0 Å². The Kier molecular flexibility index (Phi) is 3.87. The van der Waals surface area contributed by atoms with E-state index in [1.165, 1.54) is 19.3 Å². The van der Waals surface area contributed by atoms with Crippen molar-refractivity contribution in [3.05, 3.63) is 0 Å². The second-order valence-electron chi connectivity index (χ2n) is 3.66. The van der Waals surface area contributed by atoms with Gasteiger partial charge in [0, 0.05) is 12.6 Å². The first kappa shape index (κ1) is 9.01. The molecule has 0 aliphatic heterocycles. The SMILES string of the molecule is CC(CO)CCCNC1CC1. The van der Waals surface area contributed by atoms with Crippen LogP contribution in [0.3, 0.4) is 0 Å². The zero-order chi connectivity index (χ0) is 8.10. The lowest BCUT2D eigenvalue weighted by Crippen LogP contribution is -2.18. The lowest BCUT2D eigenvalue weighted by atomic mass is 10.1. The Morgan fingerprint density at radius 3 is 2.82 bits per heavy atom. The first-order valence-corrected chi connectivity index (χ1v) is 4.67. The van der Waals surface area contributed by atoms with Gasteiger partial charge in [-0.1, -0.05) is 6.92 Å². The summed E-state index contributed by atoms with van der Waals surface area (Å²) >= 11 is 0. The Hall–Kier alpha value is -0.0800. The van der Waals surface area contributed by atoms with Crippen molar-refractivity contribution in [1.29, 1.82) is 0 Å². The fourth-order valence-electron chi connectivity index (χ4n) is 1.14. The first-order chi connectivity index (χ1) is 5.33. The van der Waals surface area contributed by atoms with Crippen LogP contribution in [0.5, 0.6) is 0 Å². The van der Waals surface area contributed by atoms with Crippen molar-refractivity contribution < 1.29 is 5.11 Å². The summed E-state index contributed by atoms with van der Waals surface area (Å²) in [5, 5.41) is 12.2. The summed E-state index contributed by atoms with van der Waals surface area (Å²) in [4.78, 5) is 0. The van der Waals surface area contributed by atoms with E-state index in [0.717, 1.165) is 19.0 Å². The van der Waals surface area contributed by atoms with Crippen LogP contribution in [0.4, 0.5) is 0 Å². The maximum atomic E-state index is 8.74. The average Bonchev–Trinajstić information content (AvgIpc) is 2.81. The molecule has 1 fully saturated rings. The molecule has 2 heteroatoms. The zero-order valence-electron chi connectivity index (χ0n) is 7.34. The van der Waals surface area contributed by atoms with Gasteiger partial charge in [-0.3, -0.25) is 0 Å². The molecule has 1 aliphatic rings. The molecule has 0 heterocycles. The minimum absolute atomic E-state index is 0.337. The van der Waals surface area contributed by atoms with Crippen LogP contribution < -0.4 is 5.32 Å². The molecule has 0 aromatic heterocycles. The number of hydrogen-bond acceptors (Lipinski definition) is 2. The molecule has 1 saturated carbocycles. The molecule has 2 N–H and O–H groups in total. The monoisotopic (exact) mass is 157 g/mol. The van der Waals surface area contributed by atoms with Crippen molar-refractivity contribution in [3.8, 4) is 0 Å². The molecular weight excluding hydrogens is 138 g/mol. The summed E-state index contributed by atoms with van der Waals surface area (Å²) in [6.45, 7) is 3.57. The average molecular weight is 157 g/mol. The quantitative estimate of drug-likeness (QED) is 0.567. The van der Waals surface area contributed by atoms with E-state index < -0.39 is 0 Å². The number of hydrogen-bond donors (Lipinski definition) is 2. The van der Waals surface area contributed by atoms with Gasteiger partial charge in [0.05, 0.1) is 0 Å². The van der Waals surface area contributed by atoms with E-state index in [9.17, 15) is 0 Å². The van der Waals surface area contributed by atoms with Crippen molar-refractivity contribution in [1.82, 2.24) is 5.32 Å². The highest BCUT2D eigenvalue weighted by molar-refractivity contribution is 4.80. The van der Waals surface area contributed by atoms with Crippen LogP contribution in [0.25, 0.3) is 0 Å². The highest BCUT2D eigenvalue weighted by Crippen LogP contribution is 2.18. The molecule has 0 aromatic rings. The van der Waals surface area contributed by atoms with Crippen LogP contribution >= 0.6 is 0 Å². The molecule has 0 bridgehead atoms. The Morgan fingerprint density at radius 1 is 1.55 bits per heavy atom. The number of aliphatic hydroxyl groups excluding tert-OH is 1. The predicted molar refractivity (Wildman–Crippen MR) is 46.5 cm³/mol. The van der Waals surface area contributed by atoms with Crippen LogP contribution in [-0.2, 0) is 0 Å². The van der Waals surface area contributed by atoms with Crippen LogP contribution in [0.15, 0.2) is 0 Å². The molecule has 0 radical (unpaired) electrons. The lowest BCUT2D eigenvalue weighted by Gasteiger charge is -2.07. The lowest BCUT2D eigenvalue weighted by molar-refractivity contribution is 0.228. The van der Waals surface area contributed by atoms with Gasteiger partial charge in [-0.05, 0) is 38.1 Å². The molecule has 2 nitrogen and oxygen atoms in total. The molecule has 1 aliphatic carbocycles. The van der Waals surface area contributed by atoms with Crippen molar-refractivity contribution in [3.63, 3.8) is 0 Å². The molecule has 1 rings (SSSR count). The molecule has 1 atom stereocenters. The standard InChI is InChI=1S/C9H19NO/c1-8(7-11)3-2-6-10-9-4-5-9/h8-11H,2-7H2,1H3. The minimum Gasteiger partial charge on any atom is -0.396 e. The summed E-state index contributed by atoms with van der Waals surface area (Å²) in [5.41, 5.74) is 0.